The summed E-state index contributed by atoms with van der Waals surface area (Å²) < 4.78 is 26.9. The van der Waals surface area contributed by atoms with Gasteiger partial charge in [0, 0.05) is 18.3 Å². The minimum Gasteiger partial charge on any atom is -0.271 e. The first kappa shape index (κ1) is 16.0. The Bertz CT molecular complexity index is 617. The maximum Gasteiger partial charge on any atom is 0.173 e. The monoisotopic (exact) mass is 355 g/mol. The fraction of sp³-hybridized carbons (Fsp3) is 0.267. The fourth-order valence-electron chi connectivity index (χ4n) is 2.06. The highest BCUT2D eigenvalue weighted by Gasteiger charge is 2.19. The van der Waals surface area contributed by atoms with Gasteiger partial charge >= 0.3 is 0 Å². The Hall–Kier alpha value is -1.37. The molecule has 0 bridgehead atoms. The predicted octanol–water partition coefficient (Wildman–Crippen LogP) is 3.43. The van der Waals surface area contributed by atoms with Gasteiger partial charge in [0.25, 0.3) is 0 Å². The average Bonchev–Trinajstić information content (AvgIpc) is 2.51. The van der Waals surface area contributed by atoms with E-state index in [4.69, 9.17) is 5.84 Å². The van der Waals surface area contributed by atoms with Crippen molar-refractivity contribution in [3.05, 3.63) is 63.4 Å². The number of nitrogens with one attached hydrogen (secondary N) is 1. The molecule has 0 radical (unpaired) electrons. The maximum absolute atomic E-state index is 13.6. The zero-order valence-electron chi connectivity index (χ0n) is 11.5. The summed E-state index contributed by atoms with van der Waals surface area (Å²) in [5, 5.41) is 0. The van der Waals surface area contributed by atoms with Crippen molar-refractivity contribution in [2.75, 3.05) is 0 Å². The molecule has 21 heavy (non-hydrogen) atoms. The van der Waals surface area contributed by atoms with Crippen LogP contribution in [0.4, 0.5) is 8.78 Å². The van der Waals surface area contributed by atoms with E-state index in [0.29, 0.717) is 12.0 Å². The number of nitrogens with zero attached hydrogens (tertiary/aromatic N) is 1. The molecule has 2 aromatic rings. The highest BCUT2D eigenvalue weighted by atomic mass is 79.9. The molecular formula is C15H16BrF2N3. The van der Waals surface area contributed by atoms with Crippen LogP contribution in [-0.2, 0) is 12.8 Å². The van der Waals surface area contributed by atoms with Crippen LogP contribution in [0.25, 0.3) is 0 Å². The molecule has 0 saturated carbocycles. The van der Waals surface area contributed by atoms with Crippen LogP contribution in [0.2, 0.25) is 0 Å². The largest absolute Gasteiger partial charge is 0.271 e. The molecule has 3 N–H and O–H groups in total. The van der Waals surface area contributed by atoms with Gasteiger partial charge in [-0.2, -0.15) is 0 Å². The number of hydrazine groups is 1. The summed E-state index contributed by atoms with van der Waals surface area (Å²) in [4.78, 5) is 4.35. The van der Waals surface area contributed by atoms with E-state index in [-0.39, 0.29) is 10.5 Å². The molecule has 6 heteroatoms. The Kier molecular flexibility index (Phi) is 5.39. The minimum atomic E-state index is -0.915. The normalized spacial score (nSPS) is 12.4. The van der Waals surface area contributed by atoms with Crippen molar-refractivity contribution in [3.8, 4) is 0 Å². The lowest BCUT2D eigenvalue weighted by molar-refractivity contribution is 0.490. The van der Waals surface area contributed by atoms with Crippen LogP contribution in [-0.4, -0.2) is 4.98 Å². The summed E-state index contributed by atoms with van der Waals surface area (Å²) in [6.07, 6.45) is 3.20. The topological polar surface area (TPSA) is 50.9 Å². The SMILES string of the molecule is CCc1ccc(CC(NN)c2ccc(F)c(F)c2Br)nc1. The summed E-state index contributed by atoms with van der Waals surface area (Å²) in [6.45, 7) is 2.05. The Morgan fingerprint density at radius 2 is 2.05 bits per heavy atom. The van der Waals surface area contributed by atoms with Gasteiger partial charge < -0.3 is 0 Å². The van der Waals surface area contributed by atoms with E-state index in [1.807, 2.05) is 18.3 Å². The summed E-state index contributed by atoms with van der Waals surface area (Å²) >= 11 is 3.08. The first-order valence-corrected chi connectivity index (χ1v) is 7.39. The number of aromatic nitrogens is 1. The molecule has 0 fully saturated rings. The average molecular weight is 356 g/mol. The zero-order chi connectivity index (χ0) is 15.4. The van der Waals surface area contributed by atoms with E-state index in [9.17, 15) is 8.78 Å². The minimum absolute atomic E-state index is 0.0793. The second-order valence-corrected chi connectivity index (χ2v) is 5.49. The van der Waals surface area contributed by atoms with Crippen molar-refractivity contribution < 1.29 is 8.78 Å². The number of nitrogens with two attached hydrogens (primary N) is 1. The number of pyridine rings is 1. The van der Waals surface area contributed by atoms with Gasteiger partial charge in [-0.3, -0.25) is 16.3 Å². The summed E-state index contributed by atoms with van der Waals surface area (Å²) in [5.74, 6) is 3.74. The molecule has 1 heterocycles. The van der Waals surface area contributed by atoms with Gasteiger partial charge in [-0.15, -0.1) is 0 Å². The second kappa shape index (κ2) is 7.06. The molecule has 3 nitrogen and oxygen atoms in total. The smallest absolute Gasteiger partial charge is 0.173 e. The fourth-order valence-corrected chi connectivity index (χ4v) is 2.66. The highest BCUT2D eigenvalue weighted by Crippen LogP contribution is 2.29. The molecular weight excluding hydrogens is 340 g/mol. The second-order valence-electron chi connectivity index (χ2n) is 4.70. The number of aryl methyl sites for hydroxylation is 1. The number of hydrogen-bond acceptors (Lipinski definition) is 3. The molecule has 0 amide bonds. The quantitative estimate of drug-likeness (QED) is 0.490. The molecule has 0 aliphatic carbocycles. The highest BCUT2D eigenvalue weighted by molar-refractivity contribution is 9.10. The molecule has 1 aromatic carbocycles. The van der Waals surface area contributed by atoms with Crippen molar-refractivity contribution in [3.63, 3.8) is 0 Å². The number of benzene rings is 1. The first-order chi connectivity index (χ1) is 10.1. The molecule has 0 saturated heterocycles. The predicted molar refractivity (Wildman–Crippen MR) is 81.4 cm³/mol. The van der Waals surface area contributed by atoms with E-state index in [1.54, 1.807) is 0 Å². The lowest BCUT2D eigenvalue weighted by Gasteiger charge is -2.18. The third-order valence-corrected chi connectivity index (χ3v) is 4.16. The third-order valence-electron chi connectivity index (χ3n) is 3.35. The van der Waals surface area contributed by atoms with Gasteiger partial charge in [-0.05, 0) is 45.6 Å². The van der Waals surface area contributed by atoms with Crippen molar-refractivity contribution in [2.45, 2.75) is 25.8 Å². The Balaban J connectivity index is 2.25. The summed E-state index contributed by atoms with van der Waals surface area (Å²) in [5.41, 5.74) is 5.15. The van der Waals surface area contributed by atoms with E-state index in [0.717, 1.165) is 23.7 Å². The van der Waals surface area contributed by atoms with E-state index in [2.05, 4.69) is 33.3 Å². The van der Waals surface area contributed by atoms with Crippen molar-refractivity contribution in [1.82, 2.24) is 10.4 Å². The van der Waals surface area contributed by atoms with E-state index < -0.39 is 11.6 Å². The van der Waals surface area contributed by atoms with Crippen LogP contribution < -0.4 is 11.3 Å². The van der Waals surface area contributed by atoms with Crippen LogP contribution in [0, 0.1) is 11.6 Å². The van der Waals surface area contributed by atoms with Crippen molar-refractivity contribution in [1.29, 1.82) is 0 Å². The number of halogens is 3. The number of rotatable bonds is 5. The maximum atomic E-state index is 13.6. The van der Waals surface area contributed by atoms with Gasteiger partial charge in [0.1, 0.15) is 0 Å². The van der Waals surface area contributed by atoms with Crippen LogP contribution in [0.1, 0.15) is 29.8 Å². The van der Waals surface area contributed by atoms with Crippen LogP contribution in [0.5, 0.6) is 0 Å². The van der Waals surface area contributed by atoms with Gasteiger partial charge in [0.05, 0.1) is 10.5 Å². The zero-order valence-corrected chi connectivity index (χ0v) is 13.1. The molecule has 0 spiro atoms. The van der Waals surface area contributed by atoms with Gasteiger partial charge in [-0.25, -0.2) is 8.78 Å². The van der Waals surface area contributed by atoms with Crippen LogP contribution in [0.15, 0.2) is 34.9 Å². The molecule has 0 aliphatic rings. The molecule has 1 atom stereocenters. The van der Waals surface area contributed by atoms with Crippen molar-refractivity contribution >= 4 is 15.9 Å². The van der Waals surface area contributed by atoms with Gasteiger partial charge in [0.2, 0.25) is 0 Å². The molecule has 0 aliphatic heterocycles. The number of hydrogen-bond donors (Lipinski definition) is 2. The van der Waals surface area contributed by atoms with Gasteiger partial charge in [0.15, 0.2) is 11.6 Å². The lowest BCUT2D eigenvalue weighted by Crippen LogP contribution is -2.30. The van der Waals surface area contributed by atoms with Crippen molar-refractivity contribution in [2.24, 2.45) is 5.84 Å². The lowest BCUT2D eigenvalue weighted by atomic mass is 10.0. The Morgan fingerprint density at radius 1 is 1.29 bits per heavy atom. The van der Waals surface area contributed by atoms with Gasteiger partial charge in [-0.1, -0.05) is 19.1 Å². The summed E-state index contributed by atoms with van der Waals surface area (Å²) in [7, 11) is 0. The van der Waals surface area contributed by atoms with Crippen LogP contribution >= 0.6 is 15.9 Å². The summed E-state index contributed by atoms with van der Waals surface area (Å²) in [6, 6.07) is 6.14. The molecule has 1 aromatic heterocycles. The van der Waals surface area contributed by atoms with E-state index >= 15 is 0 Å². The Morgan fingerprint density at radius 3 is 2.62 bits per heavy atom. The van der Waals surface area contributed by atoms with E-state index in [1.165, 1.54) is 6.07 Å². The standard InChI is InChI=1S/C15H16BrF2N3/c1-2-9-3-4-10(20-8-9)7-13(21-19)11-5-6-12(17)15(18)14(11)16/h3-6,8,13,21H,2,7,19H2,1H3. The molecule has 112 valence electrons. The molecule has 2 rings (SSSR count). The Labute approximate surface area is 130 Å². The third kappa shape index (κ3) is 3.64. The molecule has 1 unspecified atom stereocenters. The van der Waals surface area contributed by atoms with Crippen LogP contribution in [0.3, 0.4) is 0 Å². The first-order valence-electron chi connectivity index (χ1n) is 6.60.